The molecule has 1 aromatic rings. The largest absolute Gasteiger partial charge is 0.480 e. The average Bonchev–Trinajstić information content (AvgIpc) is 2.94. The Bertz CT molecular complexity index is 525. The van der Waals surface area contributed by atoms with Crippen LogP contribution in [0, 0.1) is 0 Å². The van der Waals surface area contributed by atoms with Gasteiger partial charge in [0.25, 0.3) is 5.91 Å². The van der Waals surface area contributed by atoms with E-state index in [9.17, 15) is 19.2 Å². The number of hydrogen-bond acceptors (Lipinski definition) is 5. The van der Waals surface area contributed by atoms with E-state index < -0.39 is 36.3 Å². The number of aliphatic carboxylic acids is 1. The van der Waals surface area contributed by atoms with E-state index >= 15 is 0 Å². The molecule has 9 heteroatoms. The zero-order valence-corrected chi connectivity index (χ0v) is 11.0. The Balaban J connectivity index is 2.41. The molecule has 0 aliphatic carbocycles. The number of nitrogens with two attached hydrogens (primary N) is 1. The molecular weight excluding hydrogens is 282 g/mol. The summed E-state index contributed by atoms with van der Waals surface area (Å²) in [5, 5.41) is 13.3. The summed E-state index contributed by atoms with van der Waals surface area (Å²) in [6.07, 6.45) is 1.01. The Labute approximate surface area is 119 Å². The molecule has 3 amide bonds. The van der Waals surface area contributed by atoms with E-state index in [1.54, 1.807) is 0 Å². The van der Waals surface area contributed by atoms with Crippen LogP contribution in [0.2, 0.25) is 0 Å². The highest BCUT2D eigenvalue weighted by Crippen LogP contribution is 1.99. The molecule has 21 heavy (non-hydrogen) atoms. The van der Waals surface area contributed by atoms with Gasteiger partial charge in [0.05, 0.1) is 12.8 Å². The Morgan fingerprint density at radius 2 is 2.05 bits per heavy atom. The van der Waals surface area contributed by atoms with Crippen molar-refractivity contribution >= 4 is 23.7 Å². The molecule has 0 fully saturated rings. The van der Waals surface area contributed by atoms with Gasteiger partial charge in [0.1, 0.15) is 6.04 Å². The number of carboxylic acid groups (broad SMARTS) is 1. The van der Waals surface area contributed by atoms with Gasteiger partial charge in [-0.15, -0.1) is 0 Å². The Morgan fingerprint density at radius 1 is 1.33 bits per heavy atom. The van der Waals surface area contributed by atoms with Gasteiger partial charge in [0, 0.05) is 6.42 Å². The van der Waals surface area contributed by atoms with E-state index in [-0.39, 0.29) is 18.6 Å². The number of carbonyl (C=O) groups is 4. The average molecular weight is 297 g/mol. The van der Waals surface area contributed by atoms with Crippen molar-refractivity contribution in [3.63, 3.8) is 0 Å². The molecule has 0 aliphatic rings. The molecule has 0 saturated carbocycles. The minimum absolute atomic E-state index is 0.0336. The van der Waals surface area contributed by atoms with Crippen LogP contribution in [-0.4, -0.2) is 41.4 Å². The summed E-state index contributed by atoms with van der Waals surface area (Å²) in [7, 11) is 0. The monoisotopic (exact) mass is 297 g/mol. The van der Waals surface area contributed by atoms with E-state index in [1.807, 2.05) is 0 Å². The Morgan fingerprint density at radius 3 is 2.57 bits per heavy atom. The van der Waals surface area contributed by atoms with Crippen LogP contribution in [0.4, 0.5) is 0 Å². The van der Waals surface area contributed by atoms with Crippen LogP contribution < -0.4 is 16.4 Å². The third kappa shape index (κ3) is 5.76. The molecule has 0 aromatic carbocycles. The van der Waals surface area contributed by atoms with Gasteiger partial charge in [-0.1, -0.05) is 0 Å². The molecule has 1 atom stereocenters. The van der Waals surface area contributed by atoms with Crippen molar-refractivity contribution in [1.29, 1.82) is 0 Å². The fourth-order valence-electron chi connectivity index (χ4n) is 1.44. The fraction of sp³-hybridized carbons (Fsp3) is 0.333. The van der Waals surface area contributed by atoms with Crippen molar-refractivity contribution in [2.75, 3.05) is 6.54 Å². The highest BCUT2D eigenvalue weighted by molar-refractivity contribution is 5.94. The second kappa shape index (κ2) is 7.68. The van der Waals surface area contributed by atoms with Gasteiger partial charge in [-0.2, -0.15) is 0 Å². The van der Waals surface area contributed by atoms with Crippen LogP contribution in [0.15, 0.2) is 22.8 Å². The van der Waals surface area contributed by atoms with Crippen LogP contribution in [0.1, 0.15) is 23.4 Å². The van der Waals surface area contributed by atoms with Crippen molar-refractivity contribution in [3.8, 4) is 0 Å². The molecule has 9 nitrogen and oxygen atoms in total. The normalized spacial score (nSPS) is 11.4. The first-order valence-corrected chi connectivity index (χ1v) is 6.02. The van der Waals surface area contributed by atoms with E-state index in [4.69, 9.17) is 15.3 Å². The quantitative estimate of drug-likeness (QED) is 0.475. The second-order valence-corrected chi connectivity index (χ2v) is 4.12. The molecule has 1 heterocycles. The molecule has 5 N–H and O–H groups in total. The number of furan rings is 1. The smallest absolute Gasteiger partial charge is 0.326 e. The summed E-state index contributed by atoms with van der Waals surface area (Å²) in [5.41, 5.74) is 4.91. The van der Waals surface area contributed by atoms with Crippen LogP contribution in [0.25, 0.3) is 0 Å². The molecule has 0 aliphatic heterocycles. The maximum Gasteiger partial charge on any atom is 0.326 e. The van der Waals surface area contributed by atoms with E-state index in [1.165, 1.54) is 18.4 Å². The molecule has 0 bridgehead atoms. The third-order valence-electron chi connectivity index (χ3n) is 2.47. The number of hydrogen-bond donors (Lipinski definition) is 4. The van der Waals surface area contributed by atoms with Crippen molar-refractivity contribution in [3.05, 3.63) is 24.2 Å². The highest BCUT2D eigenvalue weighted by atomic mass is 16.4. The number of nitrogens with one attached hydrogen (secondary N) is 2. The van der Waals surface area contributed by atoms with Crippen LogP contribution >= 0.6 is 0 Å². The van der Waals surface area contributed by atoms with Crippen molar-refractivity contribution < 1.29 is 28.7 Å². The topological polar surface area (TPSA) is 152 Å². The molecular formula is C12H15N3O6. The number of amides is 3. The fourth-order valence-corrected chi connectivity index (χ4v) is 1.44. The van der Waals surface area contributed by atoms with Gasteiger partial charge < -0.3 is 25.9 Å². The maximum atomic E-state index is 11.5. The Kier molecular flexibility index (Phi) is 5.93. The molecule has 0 saturated heterocycles. The summed E-state index contributed by atoms with van der Waals surface area (Å²) in [6.45, 7) is -0.417. The van der Waals surface area contributed by atoms with Gasteiger partial charge in [0.15, 0.2) is 5.76 Å². The first kappa shape index (κ1) is 16.2. The van der Waals surface area contributed by atoms with Crippen LogP contribution in [0.3, 0.4) is 0 Å². The van der Waals surface area contributed by atoms with Crippen LogP contribution in [-0.2, 0) is 14.4 Å². The summed E-state index contributed by atoms with van der Waals surface area (Å²) in [5.74, 6) is -3.22. The highest BCUT2D eigenvalue weighted by Gasteiger charge is 2.20. The first-order valence-electron chi connectivity index (χ1n) is 6.02. The minimum Gasteiger partial charge on any atom is -0.480 e. The zero-order valence-electron chi connectivity index (χ0n) is 11.0. The lowest BCUT2D eigenvalue weighted by Crippen LogP contribution is -2.45. The lowest BCUT2D eigenvalue weighted by Gasteiger charge is -2.13. The summed E-state index contributed by atoms with van der Waals surface area (Å²) >= 11 is 0. The molecule has 1 rings (SSSR count). The number of primary amides is 1. The lowest BCUT2D eigenvalue weighted by molar-refractivity contribution is -0.142. The van der Waals surface area contributed by atoms with E-state index in [0.29, 0.717) is 0 Å². The lowest BCUT2D eigenvalue weighted by atomic mass is 10.1. The number of carboxylic acids is 1. The standard InChI is InChI=1S/C12H15N3O6/c13-9(16)4-3-7(12(19)20)15-10(17)6-14-11(18)8-2-1-5-21-8/h1-2,5,7H,3-4,6H2,(H2,13,16)(H,14,18)(H,15,17)(H,19,20). The maximum absolute atomic E-state index is 11.5. The predicted octanol–water partition coefficient (Wildman–Crippen LogP) is -1.16. The Hall–Kier alpha value is -2.84. The van der Waals surface area contributed by atoms with Crippen molar-refractivity contribution in [2.24, 2.45) is 5.73 Å². The van der Waals surface area contributed by atoms with Gasteiger partial charge in [-0.3, -0.25) is 14.4 Å². The van der Waals surface area contributed by atoms with E-state index in [0.717, 1.165) is 0 Å². The van der Waals surface area contributed by atoms with Gasteiger partial charge in [0.2, 0.25) is 11.8 Å². The predicted molar refractivity (Wildman–Crippen MR) is 69.0 cm³/mol. The molecule has 1 aromatic heterocycles. The van der Waals surface area contributed by atoms with Gasteiger partial charge in [-0.25, -0.2) is 4.79 Å². The third-order valence-corrected chi connectivity index (χ3v) is 2.47. The molecule has 0 spiro atoms. The van der Waals surface area contributed by atoms with Gasteiger partial charge in [-0.05, 0) is 18.6 Å². The molecule has 0 radical (unpaired) electrons. The number of rotatable bonds is 8. The molecule has 114 valence electrons. The number of carbonyl (C=O) groups excluding carboxylic acids is 3. The van der Waals surface area contributed by atoms with Crippen LogP contribution in [0.5, 0.6) is 0 Å². The minimum atomic E-state index is -1.29. The SMILES string of the molecule is NC(=O)CCC(NC(=O)CNC(=O)c1ccco1)C(=O)O. The van der Waals surface area contributed by atoms with Crippen molar-refractivity contribution in [1.82, 2.24) is 10.6 Å². The second-order valence-electron chi connectivity index (χ2n) is 4.12. The summed E-state index contributed by atoms with van der Waals surface area (Å²) in [6, 6.07) is 1.69. The van der Waals surface area contributed by atoms with Gasteiger partial charge >= 0.3 is 5.97 Å². The summed E-state index contributed by atoms with van der Waals surface area (Å²) < 4.78 is 4.82. The van der Waals surface area contributed by atoms with E-state index in [2.05, 4.69) is 10.6 Å². The summed E-state index contributed by atoms with van der Waals surface area (Å²) in [4.78, 5) is 44.5. The zero-order chi connectivity index (χ0) is 15.8. The first-order chi connectivity index (χ1) is 9.90. The molecule has 1 unspecified atom stereocenters. The van der Waals surface area contributed by atoms with Crippen molar-refractivity contribution in [2.45, 2.75) is 18.9 Å².